The van der Waals surface area contributed by atoms with Crippen molar-refractivity contribution in [3.05, 3.63) is 29.6 Å². The first kappa shape index (κ1) is 13.3. The van der Waals surface area contributed by atoms with E-state index in [9.17, 15) is 4.39 Å². The fraction of sp³-hybridized carbons (Fsp3) is 0.600. The number of nitrogens with zero attached hydrogens (tertiary/aromatic N) is 1. The Bertz CT molecular complexity index is 417. The molecule has 0 radical (unpaired) electrons. The van der Waals surface area contributed by atoms with Crippen molar-refractivity contribution in [3.8, 4) is 0 Å². The van der Waals surface area contributed by atoms with Gasteiger partial charge in [0.15, 0.2) is 0 Å². The third-order valence-electron chi connectivity index (χ3n) is 3.94. The van der Waals surface area contributed by atoms with Gasteiger partial charge in [-0.15, -0.1) is 0 Å². The topological polar surface area (TPSA) is 29.3 Å². The number of para-hydroxylation sites is 1. The van der Waals surface area contributed by atoms with E-state index in [2.05, 4.69) is 18.7 Å². The number of hydrogen-bond donors (Lipinski definition) is 1. The molecule has 0 aliphatic carbocycles. The van der Waals surface area contributed by atoms with Crippen molar-refractivity contribution in [2.45, 2.75) is 39.7 Å². The minimum absolute atomic E-state index is 0.134. The van der Waals surface area contributed by atoms with Gasteiger partial charge in [0, 0.05) is 19.1 Å². The molecule has 0 saturated carbocycles. The number of halogens is 1. The first-order valence-electron chi connectivity index (χ1n) is 6.70. The van der Waals surface area contributed by atoms with Crippen LogP contribution in [0, 0.1) is 11.2 Å². The molecule has 2 rings (SSSR count). The molecule has 2 N–H and O–H groups in total. The second-order valence-corrected chi connectivity index (χ2v) is 6.12. The van der Waals surface area contributed by atoms with E-state index in [0.29, 0.717) is 11.1 Å². The molecule has 1 aromatic carbocycles. The molecule has 100 valence electrons. The Labute approximate surface area is 109 Å². The van der Waals surface area contributed by atoms with Gasteiger partial charge in [0.1, 0.15) is 5.82 Å². The maximum absolute atomic E-state index is 14.1. The van der Waals surface area contributed by atoms with Gasteiger partial charge in [0.25, 0.3) is 0 Å². The van der Waals surface area contributed by atoms with Crippen molar-refractivity contribution >= 4 is 5.69 Å². The smallest absolute Gasteiger partial charge is 0.146 e. The number of benzene rings is 1. The average Bonchev–Trinajstić information content (AvgIpc) is 2.29. The Hall–Kier alpha value is -1.09. The highest BCUT2D eigenvalue weighted by atomic mass is 19.1. The van der Waals surface area contributed by atoms with Crippen LogP contribution in [0.25, 0.3) is 0 Å². The fourth-order valence-electron chi connectivity index (χ4n) is 2.57. The second-order valence-electron chi connectivity index (χ2n) is 6.12. The van der Waals surface area contributed by atoms with E-state index < -0.39 is 0 Å². The highest BCUT2D eigenvalue weighted by Gasteiger charge is 2.28. The van der Waals surface area contributed by atoms with Crippen LogP contribution in [0.2, 0.25) is 0 Å². The lowest BCUT2D eigenvalue weighted by atomic mass is 9.82. The predicted molar refractivity (Wildman–Crippen MR) is 74.2 cm³/mol. The van der Waals surface area contributed by atoms with Crippen molar-refractivity contribution in [1.82, 2.24) is 0 Å². The number of rotatable bonds is 2. The molecule has 1 atom stereocenters. The molecule has 0 aromatic heterocycles. The molecule has 0 bridgehead atoms. The summed E-state index contributed by atoms with van der Waals surface area (Å²) in [5.74, 6) is -0.149. The lowest BCUT2D eigenvalue weighted by molar-refractivity contribution is 0.278. The van der Waals surface area contributed by atoms with Gasteiger partial charge >= 0.3 is 0 Å². The van der Waals surface area contributed by atoms with Crippen molar-refractivity contribution in [2.75, 3.05) is 18.0 Å². The van der Waals surface area contributed by atoms with Crippen LogP contribution in [-0.2, 0) is 0 Å². The molecule has 1 unspecified atom stereocenters. The highest BCUT2D eigenvalue weighted by Crippen LogP contribution is 2.35. The van der Waals surface area contributed by atoms with Gasteiger partial charge in [-0.3, -0.25) is 0 Å². The maximum atomic E-state index is 14.1. The van der Waals surface area contributed by atoms with Crippen LogP contribution in [0.15, 0.2) is 18.2 Å². The van der Waals surface area contributed by atoms with Gasteiger partial charge in [0.05, 0.1) is 5.69 Å². The summed E-state index contributed by atoms with van der Waals surface area (Å²) in [6.45, 7) is 8.28. The van der Waals surface area contributed by atoms with Crippen molar-refractivity contribution in [3.63, 3.8) is 0 Å². The third kappa shape index (κ3) is 2.66. The summed E-state index contributed by atoms with van der Waals surface area (Å²) < 4.78 is 14.1. The fourth-order valence-corrected chi connectivity index (χ4v) is 2.57. The molecule has 1 aliphatic rings. The summed E-state index contributed by atoms with van der Waals surface area (Å²) in [7, 11) is 0. The molecule has 1 saturated heterocycles. The Morgan fingerprint density at radius 2 is 1.89 bits per heavy atom. The molecule has 1 heterocycles. The first-order chi connectivity index (χ1) is 8.41. The van der Waals surface area contributed by atoms with Gasteiger partial charge in [-0.25, -0.2) is 4.39 Å². The minimum atomic E-state index is -0.149. The lowest BCUT2D eigenvalue weighted by Crippen LogP contribution is -2.38. The number of hydrogen-bond acceptors (Lipinski definition) is 2. The molecular weight excluding hydrogens is 227 g/mol. The summed E-state index contributed by atoms with van der Waals surface area (Å²) in [4.78, 5) is 2.15. The Balaban J connectivity index is 2.28. The van der Waals surface area contributed by atoms with Crippen LogP contribution in [0.1, 0.15) is 45.2 Å². The maximum Gasteiger partial charge on any atom is 0.146 e. The van der Waals surface area contributed by atoms with Crippen molar-refractivity contribution in [2.24, 2.45) is 11.1 Å². The van der Waals surface area contributed by atoms with Gasteiger partial charge in [-0.2, -0.15) is 0 Å². The van der Waals surface area contributed by atoms with Crippen molar-refractivity contribution < 1.29 is 4.39 Å². The van der Waals surface area contributed by atoms with Gasteiger partial charge < -0.3 is 10.6 Å². The van der Waals surface area contributed by atoms with Gasteiger partial charge in [0.2, 0.25) is 0 Å². The number of anilines is 1. The number of piperidine rings is 1. The number of nitrogens with two attached hydrogens (primary N) is 1. The van der Waals surface area contributed by atoms with E-state index in [0.717, 1.165) is 31.5 Å². The van der Waals surface area contributed by atoms with Gasteiger partial charge in [-0.05, 0) is 36.8 Å². The Morgan fingerprint density at radius 1 is 1.28 bits per heavy atom. The van der Waals surface area contributed by atoms with Crippen LogP contribution >= 0.6 is 0 Å². The van der Waals surface area contributed by atoms with E-state index in [1.165, 1.54) is 6.07 Å². The molecular formula is C15H23FN2. The summed E-state index contributed by atoms with van der Waals surface area (Å²) in [6, 6.07) is 5.07. The monoisotopic (exact) mass is 250 g/mol. The quantitative estimate of drug-likeness (QED) is 0.870. The molecule has 2 nitrogen and oxygen atoms in total. The van der Waals surface area contributed by atoms with Crippen LogP contribution in [0.4, 0.5) is 10.1 Å². The van der Waals surface area contributed by atoms with E-state index >= 15 is 0 Å². The lowest BCUT2D eigenvalue weighted by Gasteiger charge is -2.39. The van der Waals surface area contributed by atoms with Crippen LogP contribution in [-0.4, -0.2) is 13.1 Å². The first-order valence-corrected chi connectivity index (χ1v) is 6.70. The SMILES string of the molecule is CC(N)c1cccc(F)c1N1CCC(C)(C)CC1. The van der Waals surface area contributed by atoms with Crippen molar-refractivity contribution in [1.29, 1.82) is 0 Å². The van der Waals surface area contributed by atoms with Crippen LogP contribution in [0.3, 0.4) is 0 Å². The van der Waals surface area contributed by atoms with E-state index in [1.807, 2.05) is 13.0 Å². The molecule has 18 heavy (non-hydrogen) atoms. The zero-order valence-electron chi connectivity index (χ0n) is 11.5. The second kappa shape index (κ2) is 4.88. The van der Waals surface area contributed by atoms with E-state index in [4.69, 9.17) is 5.73 Å². The largest absolute Gasteiger partial charge is 0.369 e. The normalized spacial score (nSPS) is 20.8. The zero-order valence-corrected chi connectivity index (χ0v) is 11.5. The molecule has 3 heteroatoms. The standard InChI is InChI=1S/C15H23FN2/c1-11(17)12-5-4-6-13(16)14(12)18-9-7-15(2,3)8-10-18/h4-6,11H,7-10,17H2,1-3H3. The zero-order chi connectivity index (χ0) is 13.3. The van der Waals surface area contributed by atoms with E-state index in [-0.39, 0.29) is 11.9 Å². The molecule has 1 aromatic rings. The molecule has 1 aliphatic heterocycles. The average molecular weight is 250 g/mol. The highest BCUT2D eigenvalue weighted by molar-refractivity contribution is 5.56. The predicted octanol–water partition coefficient (Wildman–Crippen LogP) is 3.47. The Kier molecular flexibility index (Phi) is 3.62. The van der Waals surface area contributed by atoms with Gasteiger partial charge in [-0.1, -0.05) is 26.0 Å². The summed E-state index contributed by atoms with van der Waals surface area (Å²) >= 11 is 0. The third-order valence-corrected chi connectivity index (χ3v) is 3.94. The van der Waals surface area contributed by atoms with E-state index in [1.54, 1.807) is 6.07 Å². The Morgan fingerprint density at radius 3 is 2.44 bits per heavy atom. The molecule has 0 spiro atoms. The molecule has 1 fully saturated rings. The molecule has 0 amide bonds. The van der Waals surface area contributed by atoms with Crippen LogP contribution in [0.5, 0.6) is 0 Å². The minimum Gasteiger partial charge on any atom is -0.369 e. The summed E-state index contributed by atoms with van der Waals surface area (Å²) in [5.41, 5.74) is 7.94. The summed E-state index contributed by atoms with van der Waals surface area (Å²) in [5, 5.41) is 0. The van der Waals surface area contributed by atoms with Crippen LogP contribution < -0.4 is 10.6 Å². The summed E-state index contributed by atoms with van der Waals surface area (Å²) in [6.07, 6.45) is 2.19.